The van der Waals surface area contributed by atoms with E-state index in [4.69, 9.17) is 14.2 Å². The van der Waals surface area contributed by atoms with Crippen molar-refractivity contribution in [1.29, 1.82) is 0 Å². The van der Waals surface area contributed by atoms with E-state index >= 15 is 0 Å². The van der Waals surface area contributed by atoms with Crippen molar-refractivity contribution < 1.29 is 14.2 Å². The van der Waals surface area contributed by atoms with Gasteiger partial charge in [0.2, 0.25) is 5.75 Å². The van der Waals surface area contributed by atoms with Crippen molar-refractivity contribution in [2.24, 2.45) is 0 Å². The highest BCUT2D eigenvalue weighted by Gasteiger charge is 2.12. The summed E-state index contributed by atoms with van der Waals surface area (Å²) in [4.78, 5) is 0. The Morgan fingerprint density at radius 2 is 1.56 bits per heavy atom. The van der Waals surface area contributed by atoms with Crippen LogP contribution in [0.15, 0.2) is 12.1 Å². The molecule has 0 saturated carbocycles. The predicted molar refractivity (Wildman–Crippen MR) is 63.3 cm³/mol. The third-order valence-electron chi connectivity index (χ3n) is 2.19. The van der Waals surface area contributed by atoms with Crippen molar-refractivity contribution in [3.05, 3.63) is 17.7 Å². The largest absolute Gasteiger partial charge is 0.493 e. The molecule has 0 spiro atoms. The van der Waals surface area contributed by atoms with Gasteiger partial charge in [-0.3, -0.25) is 0 Å². The van der Waals surface area contributed by atoms with Gasteiger partial charge >= 0.3 is 0 Å². The van der Waals surface area contributed by atoms with Crippen molar-refractivity contribution >= 4 is 0 Å². The predicted octanol–water partition coefficient (Wildman–Crippen LogP) is 2.28. The molecule has 0 fully saturated rings. The van der Waals surface area contributed by atoms with Gasteiger partial charge in [0.05, 0.1) is 21.3 Å². The molecule has 0 unspecified atom stereocenters. The number of hydrogen-bond acceptors (Lipinski definition) is 3. The Kier molecular flexibility index (Phi) is 4.53. The molecule has 0 bridgehead atoms. The van der Waals surface area contributed by atoms with Gasteiger partial charge in [0.15, 0.2) is 11.5 Å². The average molecular weight is 220 g/mol. The summed E-state index contributed by atoms with van der Waals surface area (Å²) in [7, 11) is 4.80. The van der Waals surface area contributed by atoms with Gasteiger partial charge in [-0.1, -0.05) is 5.92 Å². The van der Waals surface area contributed by atoms with Crippen LogP contribution in [0.2, 0.25) is 0 Å². The van der Waals surface area contributed by atoms with Gasteiger partial charge in [-0.15, -0.1) is 5.92 Å². The normalized spacial score (nSPS) is 9.00. The minimum absolute atomic E-state index is 0.609. The Morgan fingerprint density at radius 1 is 1.00 bits per heavy atom. The molecule has 0 amide bonds. The Morgan fingerprint density at radius 3 is 1.94 bits per heavy atom. The maximum atomic E-state index is 5.25. The molecule has 1 aromatic carbocycles. The van der Waals surface area contributed by atoms with Crippen LogP contribution in [-0.2, 0) is 6.42 Å². The molecule has 0 aliphatic heterocycles. The first-order valence-corrected chi connectivity index (χ1v) is 4.95. The molecular weight excluding hydrogens is 204 g/mol. The molecule has 0 atom stereocenters. The average Bonchev–Trinajstić information content (AvgIpc) is 2.34. The summed E-state index contributed by atoms with van der Waals surface area (Å²) in [5.41, 5.74) is 1.05. The summed E-state index contributed by atoms with van der Waals surface area (Å²) in [6.45, 7) is 1.82. The molecule has 0 aromatic heterocycles. The number of methoxy groups -OCH3 is 3. The fraction of sp³-hybridized carbons (Fsp3) is 0.385. The SMILES string of the molecule is CC#CCc1cc(OC)c(OC)c(OC)c1. The zero-order valence-electron chi connectivity index (χ0n) is 10.1. The Balaban J connectivity index is 3.18. The summed E-state index contributed by atoms with van der Waals surface area (Å²) in [6, 6.07) is 3.82. The van der Waals surface area contributed by atoms with Crippen LogP contribution in [0.4, 0.5) is 0 Å². The van der Waals surface area contributed by atoms with Gasteiger partial charge in [0.1, 0.15) is 0 Å². The van der Waals surface area contributed by atoms with Gasteiger partial charge in [-0.05, 0) is 24.6 Å². The first-order valence-electron chi connectivity index (χ1n) is 4.95. The molecule has 3 nitrogen and oxygen atoms in total. The summed E-state index contributed by atoms with van der Waals surface area (Å²) in [5, 5.41) is 0. The van der Waals surface area contributed by atoms with Crippen molar-refractivity contribution in [2.45, 2.75) is 13.3 Å². The molecule has 86 valence electrons. The first-order chi connectivity index (χ1) is 7.76. The van der Waals surface area contributed by atoms with Crippen molar-refractivity contribution in [1.82, 2.24) is 0 Å². The first kappa shape index (κ1) is 12.3. The third-order valence-corrected chi connectivity index (χ3v) is 2.19. The fourth-order valence-electron chi connectivity index (χ4n) is 1.43. The van der Waals surface area contributed by atoms with Crippen LogP contribution < -0.4 is 14.2 Å². The Labute approximate surface area is 96.3 Å². The van der Waals surface area contributed by atoms with Crippen molar-refractivity contribution in [2.75, 3.05) is 21.3 Å². The van der Waals surface area contributed by atoms with Gasteiger partial charge in [0.25, 0.3) is 0 Å². The van der Waals surface area contributed by atoms with E-state index in [2.05, 4.69) is 11.8 Å². The fourth-order valence-corrected chi connectivity index (χ4v) is 1.43. The van der Waals surface area contributed by atoms with E-state index in [0.717, 1.165) is 5.56 Å². The maximum absolute atomic E-state index is 5.25. The summed E-state index contributed by atoms with van der Waals surface area (Å²) in [6.07, 6.45) is 0.674. The highest BCUT2D eigenvalue weighted by atomic mass is 16.5. The lowest BCUT2D eigenvalue weighted by Gasteiger charge is -2.13. The van der Waals surface area contributed by atoms with E-state index < -0.39 is 0 Å². The van der Waals surface area contributed by atoms with Gasteiger partial charge in [0, 0.05) is 6.42 Å². The third kappa shape index (κ3) is 2.60. The van der Waals surface area contributed by atoms with Gasteiger partial charge in [-0.25, -0.2) is 0 Å². The number of ether oxygens (including phenoxy) is 3. The second kappa shape index (κ2) is 5.92. The van der Waals surface area contributed by atoms with Crippen LogP contribution in [0.3, 0.4) is 0 Å². The lowest BCUT2D eigenvalue weighted by Crippen LogP contribution is -1.96. The van der Waals surface area contributed by atoms with Crippen LogP contribution in [0.1, 0.15) is 12.5 Å². The molecule has 0 radical (unpaired) electrons. The standard InChI is InChI=1S/C13H16O3/c1-5-6-7-10-8-11(14-2)13(16-4)12(9-10)15-3/h8-9H,7H2,1-4H3. The molecule has 0 saturated heterocycles. The number of benzene rings is 1. The van der Waals surface area contributed by atoms with E-state index in [9.17, 15) is 0 Å². The van der Waals surface area contributed by atoms with E-state index in [1.54, 1.807) is 21.3 Å². The zero-order valence-corrected chi connectivity index (χ0v) is 10.1. The number of rotatable bonds is 4. The van der Waals surface area contributed by atoms with Crippen LogP contribution in [0, 0.1) is 11.8 Å². The Bertz CT molecular complexity index is 388. The second-order valence-corrected chi connectivity index (χ2v) is 3.14. The molecule has 1 aromatic rings. The molecule has 0 aliphatic rings. The second-order valence-electron chi connectivity index (χ2n) is 3.14. The molecular formula is C13H16O3. The zero-order chi connectivity index (χ0) is 12.0. The van der Waals surface area contributed by atoms with Crippen LogP contribution in [0.5, 0.6) is 17.2 Å². The highest BCUT2D eigenvalue weighted by molar-refractivity contribution is 5.54. The lowest BCUT2D eigenvalue weighted by molar-refractivity contribution is 0.324. The highest BCUT2D eigenvalue weighted by Crippen LogP contribution is 2.38. The van der Waals surface area contributed by atoms with Crippen molar-refractivity contribution in [3.8, 4) is 29.1 Å². The molecule has 0 aliphatic carbocycles. The van der Waals surface area contributed by atoms with Crippen LogP contribution >= 0.6 is 0 Å². The minimum atomic E-state index is 0.609. The van der Waals surface area contributed by atoms with Crippen LogP contribution in [-0.4, -0.2) is 21.3 Å². The van der Waals surface area contributed by atoms with E-state index in [1.807, 2.05) is 19.1 Å². The van der Waals surface area contributed by atoms with Gasteiger partial charge < -0.3 is 14.2 Å². The topological polar surface area (TPSA) is 27.7 Å². The molecule has 3 heteroatoms. The molecule has 0 N–H and O–H groups in total. The quantitative estimate of drug-likeness (QED) is 0.728. The monoisotopic (exact) mass is 220 g/mol. The summed E-state index contributed by atoms with van der Waals surface area (Å²) >= 11 is 0. The molecule has 1 rings (SSSR count). The smallest absolute Gasteiger partial charge is 0.203 e. The number of hydrogen-bond donors (Lipinski definition) is 0. The minimum Gasteiger partial charge on any atom is -0.493 e. The molecule has 16 heavy (non-hydrogen) atoms. The summed E-state index contributed by atoms with van der Waals surface area (Å²) in [5.74, 6) is 7.79. The maximum Gasteiger partial charge on any atom is 0.203 e. The van der Waals surface area contributed by atoms with Crippen molar-refractivity contribution in [3.63, 3.8) is 0 Å². The molecule has 0 heterocycles. The van der Waals surface area contributed by atoms with Gasteiger partial charge in [-0.2, -0.15) is 0 Å². The van der Waals surface area contributed by atoms with Crippen LogP contribution in [0.25, 0.3) is 0 Å². The Hall–Kier alpha value is -1.82. The summed E-state index contributed by atoms with van der Waals surface area (Å²) < 4.78 is 15.7. The van der Waals surface area contributed by atoms with E-state index in [-0.39, 0.29) is 0 Å². The van der Waals surface area contributed by atoms with E-state index in [0.29, 0.717) is 23.7 Å². The van der Waals surface area contributed by atoms with E-state index in [1.165, 1.54) is 0 Å². The lowest BCUT2D eigenvalue weighted by atomic mass is 10.1.